The number of hydrogen-bond donors (Lipinski definition) is 1. The largest absolute Gasteiger partial charge is 0.365 e. The van der Waals surface area contributed by atoms with Crippen molar-refractivity contribution in [1.29, 1.82) is 5.26 Å². The maximum absolute atomic E-state index is 9.17. The number of nitriles is 1. The summed E-state index contributed by atoms with van der Waals surface area (Å²) in [6, 6.07) is 9.73. The van der Waals surface area contributed by atoms with Gasteiger partial charge in [0, 0.05) is 32.4 Å². The molecule has 1 unspecified atom stereocenters. The molecule has 0 bridgehead atoms. The topological polar surface area (TPSA) is 70.9 Å². The van der Waals surface area contributed by atoms with Crippen LogP contribution in [0.4, 0.5) is 5.69 Å². The third kappa shape index (κ3) is 2.59. The summed E-state index contributed by atoms with van der Waals surface area (Å²) in [5.74, 6) is 0. The summed E-state index contributed by atoms with van der Waals surface area (Å²) in [6.45, 7) is 0.460. The van der Waals surface area contributed by atoms with Gasteiger partial charge in [0.2, 0.25) is 0 Å². The second-order valence-electron chi connectivity index (χ2n) is 4.44. The maximum atomic E-state index is 9.17. The molecule has 0 amide bonds. The highest BCUT2D eigenvalue weighted by Crippen LogP contribution is 2.27. The molecule has 5 heteroatoms. The lowest BCUT2D eigenvalue weighted by atomic mass is 10.1. The SMILES string of the molecule is CN(c1ccccc1C#N)C(CN)c1cnn(C)c1. The van der Waals surface area contributed by atoms with Crippen molar-refractivity contribution >= 4 is 5.69 Å². The van der Waals surface area contributed by atoms with Gasteiger partial charge in [-0.2, -0.15) is 10.4 Å². The average Bonchev–Trinajstić information content (AvgIpc) is 2.86. The molecule has 19 heavy (non-hydrogen) atoms. The van der Waals surface area contributed by atoms with Crippen molar-refractivity contribution in [2.45, 2.75) is 6.04 Å². The highest BCUT2D eigenvalue weighted by molar-refractivity contribution is 5.59. The van der Waals surface area contributed by atoms with E-state index in [9.17, 15) is 5.26 Å². The first kappa shape index (κ1) is 13.1. The first-order valence-electron chi connectivity index (χ1n) is 6.08. The molecule has 1 aromatic carbocycles. The Morgan fingerprint density at radius 1 is 1.47 bits per heavy atom. The van der Waals surface area contributed by atoms with Crippen molar-refractivity contribution in [3.8, 4) is 6.07 Å². The highest BCUT2D eigenvalue weighted by Gasteiger charge is 2.19. The van der Waals surface area contributed by atoms with Crippen molar-refractivity contribution < 1.29 is 0 Å². The lowest BCUT2D eigenvalue weighted by Gasteiger charge is -2.29. The fourth-order valence-corrected chi connectivity index (χ4v) is 2.17. The Hall–Kier alpha value is -2.32. The molecule has 0 saturated heterocycles. The molecule has 0 saturated carbocycles. The van der Waals surface area contributed by atoms with E-state index in [1.165, 1.54) is 0 Å². The van der Waals surface area contributed by atoms with Crippen molar-refractivity contribution in [3.63, 3.8) is 0 Å². The van der Waals surface area contributed by atoms with Gasteiger partial charge < -0.3 is 10.6 Å². The Morgan fingerprint density at radius 2 is 2.21 bits per heavy atom. The van der Waals surface area contributed by atoms with Crippen LogP contribution in [0.25, 0.3) is 0 Å². The van der Waals surface area contributed by atoms with E-state index < -0.39 is 0 Å². The maximum Gasteiger partial charge on any atom is 0.101 e. The molecule has 0 aliphatic carbocycles. The molecule has 1 aromatic heterocycles. The highest BCUT2D eigenvalue weighted by atomic mass is 15.2. The summed E-state index contributed by atoms with van der Waals surface area (Å²) >= 11 is 0. The van der Waals surface area contributed by atoms with E-state index in [-0.39, 0.29) is 6.04 Å². The van der Waals surface area contributed by atoms with Crippen LogP contribution in [0.15, 0.2) is 36.7 Å². The van der Waals surface area contributed by atoms with Crippen LogP contribution >= 0.6 is 0 Å². The summed E-state index contributed by atoms with van der Waals surface area (Å²) < 4.78 is 1.75. The van der Waals surface area contributed by atoms with Crippen molar-refractivity contribution in [1.82, 2.24) is 9.78 Å². The van der Waals surface area contributed by atoms with Gasteiger partial charge in [-0.3, -0.25) is 4.68 Å². The number of para-hydroxylation sites is 1. The van der Waals surface area contributed by atoms with Crippen molar-refractivity contribution in [2.24, 2.45) is 12.8 Å². The van der Waals surface area contributed by atoms with E-state index in [0.717, 1.165) is 11.3 Å². The molecule has 0 radical (unpaired) electrons. The van der Waals surface area contributed by atoms with Crippen molar-refractivity contribution in [3.05, 3.63) is 47.8 Å². The van der Waals surface area contributed by atoms with Crippen LogP contribution in [0.1, 0.15) is 17.2 Å². The zero-order valence-corrected chi connectivity index (χ0v) is 11.1. The molecule has 0 aliphatic rings. The third-order valence-electron chi connectivity index (χ3n) is 3.20. The van der Waals surface area contributed by atoms with Gasteiger partial charge in [0.25, 0.3) is 0 Å². The van der Waals surface area contributed by atoms with Crippen LogP contribution in [0.2, 0.25) is 0 Å². The molecule has 5 nitrogen and oxygen atoms in total. The smallest absolute Gasteiger partial charge is 0.101 e. The van der Waals surface area contributed by atoms with Gasteiger partial charge in [0.05, 0.1) is 23.5 Å². The number of anilines is 1. The zero-order valence-electron chi connectivity index (χ0n) is 11.1. The molecule has 1 heterocycles. The van der Waals surface area contributed by atoms with Crippen LogP contribution in [0.5, 0.6) is 0 Å². The van der Waals surface area contributed by atoms with Gasteiger partial charge in [-0.25, -0.2) is 0 Å². The predicted octanol–water partition coefficient (Wildman–Crippen LogP) is 1.43. The number of hydrogen-bond acceptors (Lipinski definition) is 4. The van der Waals surface area contributed by atoms with Gasteiger partial charge in [-0.15, -0.1) is 0 Å². The summed E-state index contributed by atoms with van der Waals surface area (Å²) in [4.78, 5) is 2.02. The summed E-state index contributed by atoms with van der Waals surface area (Å²) in [5, 5.41) is 13.3. The number of likely N-dealkylation sites (N-methyl/N-ethyl adjacent to an activating group) is 1. The Kier molecular flexibility index (Phi) is 3.83. The van der Waals surface area contributed by atoms with E-state index in [2.05, 4.69) is 11.2 Å². The number of nitrogens with two attached hydrogens (primary N) is 1. The summed E-state index contributed by atoms with van der Waals surface area (Å²) in [5.41, 5.74) is 8.45. The molecule has 0 fully saturated rings. The Bertz CT molecular complexity index is 596. The third-order valence-corrected chi connectivity index (χ3v) is 3.20. The number of benzene rings is 1. The first-order chi connectivity index (χ1) is 9.17. The zero-order chi connectivity index (χ0) is 13.8. The Balaban J connectivity index is 2.36. The summed E-state index contributed by atoms with van der Waals surface area (Å²) in [6.07, 6.45) is 3.76. The van der Waals surface area contributed by atoms with Crippen LogP contribution in [-0.4, -0.2) is 23.4 Å². The number of nitrogens with zero attached hydrogens (tertiary/aromatic N) is 4. The normalized spacial score (nSPS) is 11.9. The molecule has 2 rings (SSSR count). The number of rotatable bonds is 4. The van der Waals surface area contributed by atoms with Crippen molar-refractivity contribution in [2.75, 3.05) is 18.5 Å². The molecule has 2 N–H and O–H groups in total. The molecule has 2 aromatic rings. The minimum atomic E-state index is 0.00296. The minimum absolute atomic E-state index is 0.00296. The molecular formula is C14H17N5. The van der Waals surface area contributed by atoms with Crippen LogP contribution in [0.3, 0.4) is 0 Å². The minimum Gasteiger partial charge on any atom is -0.365 e. The van der Waals surface area contributed by atoms with Crippen LogP contribution in [-0.2, 0) is 7.05 Å². The van der Waals surface area contributed by atoms with E-state index in [1.54, 1.807) is 4.68 Å². The molecule has 0 aliphatic heterocycles. The van der Waals surface area contributed by atoms with E-state index in [0.29, 0.717) is 12.1 Å². The van der Waals surface area contributed by atoms with Gasteiger partial charge in [-0.05, 0) is 12.1 Å². The number of aromatic nitrogens is 2. The predicted molar refractivity (Wildman–Crippen MR) is 74.6 cm³/mol. The average molecular weight is 255 g/mol. The Morgan fingerprint density at radius 3 is 2.79 bits per heavy atom. The second-order valence-corrected chi connectivity index (χ2v) is 4.44. The van der Waals surface area contributed by atoms with Gasteiger partial charge >= 0.3 is 0 Å². The summed E-state index contributed by atoms with van der Waals surface area (Å²) in [7, 11) is 3.82. The van der Waals surface area contributed by atoms with Crippen LogP contribution in [0, 0.1) is 11.3 Å². The van der Waals surface area contributed by atoms with Gasteiger partial charge in [0.15, 0.2) is 0 Å². The van der Waals surface area contributed by atoms with Crippen LogP contribution < -0.4 is 10.6 Å². The van der Waals surface area contributed by atoms with Gasteiger partial charge in [0.1, 0.15) is 6.07 Å². The van der Waals surface area contributed by atoms with E-state index in [1.807, 2.05) is 55.7 Å². The quantitative estimate of drug-likeness (QED) is 0.897. The Labute approximate surface area is 112 Å². The number of aryl methyl sites for hydroxylation is 1. The second kappa shape index (κ2) is 5.55. The fraction of sp³-hybridized carbons (Fsp3) is 0.286. The first-order valence-corrected chi connectivity index (χ1v) is 6.08. The molecule has 1 atom stereocenters. The molecule has 98 valence electrons. The molecule has 0 spiro atoms. The van der Waals surface area contributed by atoms with E-state index in [4.69, 9.17) is 5.73 Å². The lowest BCUT2D eigenvalue weighted by Crippen LogP contribution is -2.30. The molecular weight excluding hydrogens is 238 g/mol. The lowest BCUT2D eigenvalue weighted by molar-refractivity contribution is 0.678. The fourth-order valence-electron chi connectivity index (χ4n) is 2.17. The van der Waals surface area contributed by atoms with Gasteiger partial charge in [-0.1, -0.05) is 12.1 Å². The monoisotopic (exact) mass is 255 g/mol. The van der Waals surface area contributed by atoms with E-state index >= 15 is 0 Å². The standard InChI is InChI=1S/C14H17N5/c1-18-10-12(9-17-18)14(8-16)19(2)13-6-4-3-5-11(13)7-15/h3-6,9-10,14H,8,16H2,1-2H3.